The van der Waals surface area contributed by atoms with Crippen LogP contribution < -0.4 is 0 Å². The van der Waals surface area contributed by atoms with Gasteiger partial charge in [-0.1, -0.05) is 0 Å². The summed E-state index contributed by atoms with van der Waals surface area (Å²) in [5.74, 6) is -0.257. The molecule has 0 aromatic carbocycles. The Kier molecular flexibility index (Phi) is 6.83. The number of hydrogen-bond acceptors (Lipinski definition) is 2. The molecule has 0 saturated heterocycles. The molecular formula is C7H11O2Zn. The van der Waals surface area contributed by atoms with E-state index in [-0.39, 0.29) is 5.97 Å². The van der Waals surface area contributed by atoms with Crippen LogP contribution in [-0.4, -0.2) is 13.1 Å². The number of carbonyl (C=O) groups excluding carboxylic acids is 1. The Bertz CT molecular complexity index is 121. The molecule has 3 heteroatoms. The second kappa shape index (κ2) is 6.95. The van der Waals surface area contributed by atoms with Crippen molar-refractivity contribution in [2.45, 2.75) is 17.9 Å². The molecule has 0 aromatic heterocycles. The molecule has 0 atom stereocenters. The number of rotatable bonds is 4. The first-order valence-corrected chi connectivity index (χ1v) is 5.44. The van der Waals surface area contributed by atoms with Gasteiger partial charge in [0.1, 0.15) is 0 Å². The topological polar surface area (TPSA) is 26.3 Å². The Labute approximate surface area is 71.3 Å². The van der Waals surface area contributed by atoms with Gasteiger partial charge in [-0.15, -0.1) is 0 Å². The number of unbranched alkanes of at least 4 members (excludes halogenated alkanes) is 1. The van der Waals surface area contributed by atoms with E-state index in [0.29, 0.717) is 0 Å². The average Bonchev–Trinajstić information content (AvgIpc) is 1.98. The molecule has 0 unspecified atom stereocenters. The van der Waals surface area contributed by atoms with Crippen LogP contribution in [-0.2, 0) is 27.8 Å². The summed E-state index contributed by atoms with van der Waals surface area (Å²) in [5.41, 5.74) is 0. The minimum atomic E-state index is -0.257. The molecule has 0 bridgehead atoms. The van der Waals surface area contributed by atoms with Crippen molar-refractivity contribution < 1.29 is 27.8 Å². The molecule has 0 rings (SSSR count). The Hall–Kier alpha value is -0.167. The van der Waals surface area contributed by atoms with Gasteiger partial charge in [0.15, 0.2) is 0 Å². The van der Waals surface area contributed by atoms with E-state index in [1.54, 1.807) is 0 Å². The summed E-state index contributed by atoms with van der Waals surface area (Å²) in [6, 6.07) is 0. The van der Waals surface area contributed by atoms with Gasteiger partial charge >= 0.3 is 70.9 Å². The Morgan fingerprint density at radius 3 is 2.90 bits per heavy atom. The zero-order valence-corrected chi connectivity index (χ0v) is 9.27. The van der Waals surface area contributed by atoms with E-state index in [1.165, 1.54) is 42.9 Å². The average molecular weight is 193 g/mol. The van der Waals surface area contributed by atoms with Gasteiger partial charge in [0.05, 0.1) is 0 Å². The van der Waals surface area contributed by atoms with Crippen molar-refractivity contribution in [1.82, 2.24) is 0 Å². The number of methoxy groups -OCH3 is 1. The number of carbonyl (C=O) groups is 1. The molecule has 0 amide bonds. The fourth-order valence-electron chi connectivity index (χ4n) is 0.510. The maximum atomic E-state index is 10.5. The van der Waals surface area contributed by atoms with Gasteiger partial charge in [0.25, 0.3) is 0 Å². The van der Waals surface area contributed by atoms with Crippen LogP contribution in [0.3, 0.4) is 0 Å². The Morgan fingerprint density at radius 2 is 2.40 bits per heavy atom. The van der Waals surface area contributed by atoms with Crippen molar-refractivity contribution in [2.75, 3.05) is 7.11 Å². The van der Waals surface area contributed by atoms with Gasteiger partial charge in [-0.05, 0) is 0 Å². The van der Waals surface area contributed by atoms with E-state index in [2.05, 4.69) is 4.74 Å². The minimum absolute atomic E-state index is 0.257. The Morgan fingerprint density at radius 1 is 1.70 bits per heavy atom. The fraction of sp³-hybridized carbons (Fsp3) is 0.571. The van der Waals surface area contributed by atoms with Crippen molar-refractivity contribution in [3.63, 3.8) is 0 Å². The number of ether oxygens (including phenoxy) is 1. The molecule has 53 valence electrons. The molecule has 0 saturated carbocycles. The SMILES string of the molecule is COC(=O)/C=C/CC[CH2][Zn]. The van der Waals surface area contributed by atoms with Crippen LogP contribution in [0.25, 0.3) is 0 Å². The Balaban J connectivity index is 3.27. The summed E-state index contributed by atoms with van der Waals surface area (Å²) in [6.45, 7) is 0. The first kappa shape index (κ1) is 9.83. The van der Waals surface area contributed by atoms with Crippen LogP contribution in [0.1, 0.15) is 12.8 Å². The van der Waals surface area contributed by atoms with E-state index in [9.17, 15) is 4.79 Å². The first-order chi connectivity index (χ1) is 4.81. The van der Waals surface area contributed by atoms with Crippen molar-refractivity contribution in [3.05, 3.63) is 12.2 Å². The molecule has 0 radical (unpaired) electrons. The quantitative estimate of drug-likeness (QED) is 0.292. The van der Waals surface area contributed by atoms with E-state index >= 15 is 0 Å². The molecule has 0 N–H and O–H groups in total. The van der Waals surface area contributed by atoms with Crippen LogP contribution >= 0.6 is 0 Å². The van der Waals surface area contributed by atoms with Gasteiger partial charge in [-0.2, -0.15) is 0 Å². The summed E-state index contributed by atoms with van der Waals surface area (Å²) < 4.78 is 4.41. The predicted molar refractivity (Wildman–Crippen MR) is 35.2 cm³/mol. The first-order valence-electron chi connectivity index (χ1n) is 3.35. The van der Waals surface area contributed by atoms with E-state index < -0.39 is 0 Å². The van der Waals surface area contributed by atoms with E-state index in [0.717, 1.165) is 6.42 Å². The van der Waals surface area contributed by atoms with Crippen LogP contribution in [0.15, 0.2) is 12.2 Å². The van der Waals surface area contributed by atoms with Gasteiger partial charge < -0.3 is 0 Å². The summed E-state index contributed by atoms with van der Waals surface area (Å²) in [6.07, 6.45) is 5.53. The summed E-state index contributed by atoms with van der Waals surface area (Å²) >= 11 is 1.34. The molecule has 0 aromatic rings. The van der Waals surface area contributed by atoms with E-state index in [1.807, 2.05) is 6.08 Å². The van der Waals surface area contributed by atoms with Crippen molar-refractivity contribution in [1.29, 1.82) is 0 Å². The molecule has 0 aliphatic heterocycles. The predicted octanol–water partition coefficient (Wildman–Crippen LogP) is 1.46. The molecule has 10 heavy (non-hydrogen) atoms. The number of hydrogen-bond donors (Lipinski definition) is 0. The second-order valence-electron chi connectivity index (χ2n) is 1.92. The summed E-state index contributed by atoms with van der Waals surface area (Å²) in [7, 11) is 1.39. The molecule has 0 heterocycles. The number of allylic oxidation sites excluding steroid dienone is 1. The second-order valence-corrected chi connectivity index (χ2v) is 3.40. The summed E-state index contributed by atoms with van der Waals surface area (Å²) in [4.78, 5) is 10.5. The fourth-order valence-corrected chi connectivity index (χ4v) is 1.12. The third-order valence-electron chi connectivity index (χ3n) is 1.08. The number of esters is 1. The third-order valence-corrected chi connectivity index (χ3v) is 2.12. The molecule has 0 spiro atoms. The standard InChI is InChI=1S/C7H11O2.Zn/c1-3-4-5-6-7(8)9-2;/h5-6H,1,3-4H2,2H3;/b6-5+;. The zero-order chi connectivity index (χ0) is 7.82. The van der Waals surface area contributed by atoms with Gasteiger partial charge in [-0.25, -0.2) is 0 Å². The van der Waals surface area contributed by atoms with Gasteiger partial charge in [0.2, 0.25) is 0 Å². The van der Waals surface area contributed by atoms with Crippen LogP contribution in [0.2, 0.25) is 5.02 Å². The van der Waals surface area contributed by atoms with Gasteiger partial charge in [-0.3, -0.25) is 0 Å². The zero-order valence-electron chi connectivity index (χ0n) is 6.30. The van der Waals surface area contributed by atoms with Crippen LogP contribution in [0, 0.1) is 0 Å². The van der Waals surface area contributed by atoms with E-state index in [4.69, 9.17) is 0 Å². The molecule has 0 aliphatic carbocycles. The molecule has 0 aliphatic rings. The van der Waals surface area contributed by atoms with Crippen LogP contribution in [0.4, 0.5) is 0 Å². The maximum absolute atomic E-state index is 10.5. The van der Waals surface area contributed by atoms with Gasteiger partial charge in [0, 0.05) is 0 Å². The van der Waals surface area contributed by atoms with Crippen molar-refractivity contribution in [2.24, 2.45) is 0 Å². The van der Waals surface area contributed by atoms with Crippen molar-refractivity contribution in [3.8, 4) is 0 Å². The monoisotopic (exact) mass is 191 g/mol. The molecule has 2 nitrogen and oxygen atoms in total. The summed E-state index contributed by atoms with van der Waals surface area (Å²) in [5, 5.41) is 1.28. The van der Waals surface area contributed by atoms with Crippen molar-refractivity contribution >= 4 is 5.97 Å². The molecular weight excluding hydrogens is 181 g/mol. The third kappa shape index (κ3) is 5.96. The van der Waals surface area contributed by atoms with Crippen LogP contribution in [0.5, 0.6) is 0 Å². The molecule has 0 fully saturated rings. The normalized spacial score (nSPS) is 10.3.